The minimum Gasteiger partial charge on any atom is -0.480 e. The van der Waals surface area contributed by atoms with Crippen molar-refractivity contribution in [3.8, 4) is 0 Å². The first-order chi connectivity index (χ1) is 9.38. The van der Waals surface area contributed by atoms with Crippen molar-refractivity contribution in [2.75, 3.05) is 27.3 Å². The number of rotatable bonds is 8. The number of carboxylic acid groups (broad SMARTS) is 1. The summed E-state index contributed by atoms with van der Waals surface area (Å²) in [6.45, 7) is 0.355. The minimum absolute atomic E-state index is 0.132. The zero-order valence-electron chi connectivity index (χ0n) is 11.3. The number of likely N-dealkylation sites (N-methyl/N-ethyl adjacent to an activating group) is 1. The summed E-state index contributed by atoms with van der Waals surface area (Å²) in [5.41, 5.74) is 0.365. The lowest BCUT2D eigenvalue weighted by molar-refractivity contribution is -0.139. The third-order valence-electron chi connectivity index (χ3n) is 2.67. The smallest absolute Gasteiger partial charge is 0.326 e. The lowest BCUT2D eigenvalue weighted by atomic mass is 10.1. The summed E-state index contributed by atoms with van der Waals surface area (Å²) in [7, 11) is -1.09. The first-order valence-corrected chi connectivity index (χ1v) is 7.32. The fraction of sp³-hybridized carbons (Fsp3) is 0.417. The Morgan fingerprint density at radius 2 is 2.00 bits per heavy atom. The van der Waals surface area contributed by atoms with E-state index in [4.69, 9.17) is 4.74 Å². The number of hydrogen-bond acceptors (Lipinski definition) is 4. The molecule has 0 fully saturated rings. The molecule has 112 valence electrons. The first-order valence-electron chi connectivity index (χ1n) is 5.88. The predicted molar refractivity (Wildman–Crippen MR) is 73.4 cm³/mol. The highest BCUT2D eigenvalue weighted by atomic mass is 32.2. The van der Waals surface area contributed by atoms with Crippen LogP contribution < -0.4 is 4.72 Å². The number of benzene rings is 1. The van der Waals surface area contributed by atoms with E-state index in [0.29, 0.717) is 5.56 Å². The van der Waals surface area contributed by atoms with Crippen LogP contribution in [0.4, 0.5) is 0 Å². The second-order valence-electron chi connectivity index (χ2n) is 4.12. The van der Waals surface area contributed by atoms with Gasteiger partial charge in [-0.2, -0.15) is 17.4 Å². The minimum atomic E-state index is -3.90. The second kappa shape index (κ2) is 7.34. The number of hydrogen-bond donors (Lipinski definition) is 2. The van der Waals surface area contributed by atoms with Crippen LogP contribution in [-0.2, 0) is 19.7 Å². The van der Waals surface area contributed by atoms with E-state index in [9.17, 15) is 18.3 Å². The summed E-state index contributed by atoms with van der Waals surface area (Å²) in [6, 6.07) is 6.79. The monoisotopic (exact) mass is 302 g/mol. The van der Waals surface area contributed by atoms with Crippen molar-refractivity contribution >= 4 is 16.2 Å². The highest BCUT2D eigenvalue weighted by Crippen LogP contribution is 2.14. The highest BCUT2D eigenvalue weighted by molar-refractivity contribution is 7.87. The Kier molecular flexibility index (Phi) is 6.08. The Hall–Kier alpha value is -1.48. The Labute approximate surface area is 118 Å². The Bertz CT molecular complexity index is 532. The van der Waals surface area contributed by atoms with Gasteiger partial charge in [0.15, 0.2) is 0 Å². The van der Waals surface area contributed by atoms with Gasteiger partial charge in [-0.3, -0.25) is 4.79 Å². The number of nitrogens with zero attached hydrogens (tertiary/aromatic N) is 1. The lowest BCUT2D eigenvalue weighted by Gasteiger charge is -2.21. The first kappa shape index (κ1) is 16.6. The summed E-state index contributed by atoms with van der Waals surface area (Å²) in [6.07, 6.45) is 0. The molecule has 0 aromatic heterocycles. The van der Waals surface area contributed by atoms with Gasteiger partial charge in [-0.15, -0.1) is 0 Å². The largest absolute Gasteiger partial charge is 0.480 e. The quantitative estimate of drug-likeness (QED) is 0.716. The molecule has 0 bridgehead atoms. The van der Waals surface area contributed by atoms with Gasteiger partial charge in [-0.25, -0.2) is 0 Å². The average Bonchev–Trinajstić information content (AvgIpc) is 2.42. The molecule has 0 spiro atoms. The van der Waals surface area contributed by atoms with Gasteiger partial charge >= 0.3 is 5.97 Å². The molecule has 1 rings (SSSR count). The third-order valence-corrected chi connectivity index (χ3v) is 4.20. The van der Waals surface area contributed by atoms with Gasteiger partial charge in [0.25, 0.3) is 10.2 Å². The fourth-order valence-corrected chi connectivity index (χ4v) is 2.52. The molecule has 0 unspecified atom stereocenters. The summed E-state index contributed by atoms with van der Waals surface area (Å²) in [5.74, 6) is -1.26. The molecule has 7 nitrogen and oxygen atoms in total. The molecule has 8 heteroatoms. The van der Waals surface area contributed by atoms with Crippen LogP contribution >= 0.6 is 0 Å². The molecule has 1 aromatic carbocycles. The van der Waals surface area contributed by atoms with Crippen LogP contribution in [0.15, 0.2) is 30.3 Å². The fourth-order valence-electron chi connectivity index (χ4n) is 1.49. The van der Waals surface area contributed by atoms with Crippen molar-refractivity contribution in [1.29, 1.82) is 0 Å². The molecule has 0 aliphatic carbocycles. The molecule has 0 aliphatic rings. The van der Waals surface area contributed by atoms with Gasteiger partial charge in [0.05, 0.1) is 6.61 Å². The van der Waals surface area contributed by atoms with Gasteiger partial charge in [-0.05, 0) is 5.56 Å². The summed E-state index contributed by atoms with van der Waals surface area (Å²) in [4.78, 5) is 11.2. The van der Waals surface area contributed by atoms with E-state index in [-0.39, 0.29) is 13.2 Å². The lowest BCUT2D eigenvalue weighted by Crippen LogP contribution is -2.43. The Balaban J connectivity index is 2.88. The van der Waals surface area contributed by atoms with E-state index in [1.54, 1.807) is 30.3 Å². The van der Waals surface area contributed by atoms with E-state index in [0.717, 1.165) is 4.31 Å². The van der Waals surface area contributed by atoms with Crippen LogP contribution in [0.1, 0.15) is 11.6 Å². The molecular weight excluding hydrogens is 284 g/mol. The zero-order chi connectivity index (χ0) is 15.2. The third kappa shape index (κ3) is 4.57. The number of ether oxygens (including phenoxy) is 1. The molecule has 0 saturated heterocycles. The summed E-state index contributed by atoms with van der Waals surface area (Å²) in [5, 5.41) is 9.18. The molecule has 0 amide bonds. The average molecular weight is 302 g/mol. The van der Waals surface area contributed by atoms with Crippen LogP contribution in [0.5, 0.6) is 0 Å². The van der Waals surface area contributed by atoms with Crippen molar-refractivity contribution in [3.63, 3.8) is 0 Å². The molecule has 0 saturated carbocycles. The van der Waals surface area contributed by atoms with Crippen LogP contribution in [0.3, 0.4) is 0 Å². The molecule has 20 heavy (non-hydrogen) atoms. The van der Waals surface area contributed by atoms with E-state index in [1.807, 2.05) is 0 Å². The van der Waals surface area contributed by atoms with Crippen LogP contribution in [0, 0.1) is 0 Å². The van der Waals surface area contributed by atoms with Gasteiger partial charge in [-0.1, -0.05) is 30.3 Å². The molecule has 0 radical (unpaired) electrons. The zero-order valence-corrected chi connectivity index (χ0v) is 12.1. The van der Waals surface area contributed by atoms with Gasteiger partial charge in [0, 0.05) is 20.7 Å². The molecule has 0 aliphatic heterocycles. The number of methoxy groups -OCH3 is 1. The van der Waals surface area contributed by atoms with Gasteiger partial charge < -0.3 is 9.84 Å². The SMILES string of the molecule is COCCN(C)S(=O)(=O)N[C@@H](C(=O)O)c1ccccc1. The summed E-state index contributed by atoms with van der Waals surface area (Å²) >= 11 is 0. The van der Waals surface area contributed by atoms with Gasteiger partial charge in [0.2, 0.25) is 0 Å². The number of nitrogens with one attached hydrogen (secondary N) is 1. The molecular formula is C12H18N2O5S. The van der Waals surface area contributed by atoms with Crippen LogP contribution in [0.2, 0.25) is 0 Å². The topological polar surface area (TPSA) is 95.9 Å². The number of aliphatic carboxylic acids is 1. The number of carboxylic acids is 1. The van der Waals surface area contributed by atoms with Crippen LogP contribution in [-0.4, -0.2) is 51.1 Å². The van der Waals surface area contributed by atoms with E-state index >= 15 is 0 Å². The normalized spacial score (nSPS) is 13.3. The maximum absolute atomic E-state index is 12.0. The standard InChI is InChI=1S/C12H18N2O5S/c1-14(8-9-19-2)20(17,18)13-11(12(15)16)10-6-4-3-5-7-10/h3-7,11,13H,8-9H2,1-2H3,(H,15,16)/t11-/m1/s1. The summed E-state index contributed by atoms with van der Waals surface area (Å²) < 4.78 is 32.0. The van der Waals surface area contributed by atoms with Gasteiger partial charge in [0.1, 0.15) is 6.04 Å². The van der Waals surface area contributed by atoms with Crippen molar-refractivity contribution in [2.24, 2.45) is 0 Å². The second-order valence-corrected chi connectivity index (χ2v) is 5.93. The Morgan fingerprint density at radius 1 is 1.40 bits per heavy atom. The molecule has 1 aromatic rings. The van der Waals surface area contributed by atoms with E-state index < -0.39 is 22.2 Å². The van der Waals surface area contributed by atoms with Crippen molar-refractivity contribution < 1.29 is 23.1 Å². The maximum Gasteiger partial charge on any atom is 0.326 e. The molecule has 1 atom stereocenters. The predicted octanol–water partition coefficient (Wildman–Crippen LogP) is 0.225. The number of carbonyl (C=O) groups is 1. The van der Waals surface area contributed by atoms with E-state index in [1.165, 1.54) is 14.2 Å². The van der Waals surface area contributed by atoms with Crippen molar-refractivity contribution in [1.82, 2.24) is 9.03 Å². The van der Waals surface area contributed by atoms with Crippen molar-refractivity contribution in [3.05, 3.63) is 35.9 Å². The van der Waals surface area contributed by atoms with Crippen molar-refractivity contribution in [2.45, 2.75) is 6.04 Å². The van der Waals surface area contributed by atoms with Crippen LogP contribution in [0.25, 0.3) is 0 Å². The highest BCUT2D eigenvalue weighted by Gasteiger charge is 2.28. The molecule has 0 heterocycles. The molecule has 2 N–H and O–H groups in total. The van der Waals surface area contributed by atoms with E-state index in [2.05, 4.69) is 4.72 Å². The maximum atomic E-state index is 12.0. The Morgan fingerprint density at radius 3 is 2.50 bits per heavy atom.